The van der Waals surface area contributed by atoms with Crippen molar-refractivity contribution in [2.75, 3.05) is 0 Å². The second-order valence-electron chi connectivity index (χ2n) is 3.63. The van der Waals surface area contributed by atoms with Gasteiger partial charge in [-0.05, 0) is 19.1 Å². The van der Waals surface area contributed by atoms with Crippen molar-refractivity contribution in [2.24, 2.45) is 0 Å². The zero-order chi connectivity index (χ0) is 11.9. The highest BCUT2D eigenvalue weighted by Crippen LogP contribution is 2.28. The van der Waals surface area contributed by atoms with Crippen LogP contribution in [0.1, 0.15) is 12.5 Å². The summed E-state index contributed by atoms with van der Waals surface area (Å²) in [5.74, 6) is -2.53. The van der Waals surface area contributed by atoms with Crippen molar-refractivity contribution in [3.05, 3.63) is 35.4 Å². The molecule has 1 atom stereocenters. The van der Waals surface area contributed by atoms with E-state index in [1.807, 2.05) is 5.32 Å². The van der Waals surface area contributed by atoms with E-state index in [0.29, 0.717) is 0 Å². The summed E-state index contributed by atoms with van der Waals surface area (Å²) in [4.78, 5) is 22.5. The Morgan fingerprint density at radius 2 is 1.75 bits per heavy atom. The van der Waals surface area contributed by atoms with Crippen LogP contribution in [0.5, 0.6) is 0 Å². The van der Waals surface area contributed by atoms with Crippen molar-refractivity contribution in [3.63, 3.8) is 0 Å². The van der Waals surface area contributed by atoms with E-state index >= 15 is 0 Å². The maximum absolute atomic E-state index is 13.5. The molecule has 3 amide bonds. The maximum Gasteiger partial charge on any atom is 0.322 e. The highest BCUT2D eigenvalue weighted by Gasteiger charge is 2.46. The molecule has 2 N–H and O–H groups in total. The Balaban J connectivity index is 2.60. The number of urea groups is 1. The molecule has 4 nitrogen and oxygen atoms in total. The van der Waals surface area contributed by atoms with Crippen LogP contribution in [0.4, 0.5) is 13.6 Å². The van der Waals surface area contributed by atoms with Crippen molar-refractivity contribution in [3.8, 4) is 0 Å². The fourth-order valence-corrected chi connectivity index (χ4v) is 1.69. The maximum atomic E-state index is 13.5. The summed E-state index contributed by atoms with van der Waals surface area (Å²) in [7, 11) is 0. The number of benzene rings is 1. The molecule has 1 fully saturated rings. The monoisotopic (exact) mass is 226 g/mol. The molecule has 16 heavy (non-hydrogen) atoms. The standard InChI is InChI=1S/C10H8F2N2O2/c1-10(8(15)13-9(16)14-10)7-5(11)3-2-4-6(7)12/h2-4H,1H3,(H2,13,14,15,16). The Kier molecular flexibility index (Phi) is 2.15. The molecule has 0 spiro atoms. The van der Waals surface area contributed by atoms with Crippen LogP contribution in [0.15, 0.2) is 18.2 Å². The Morgan fingerprint density at radius 3 is 2.19 bits per heavy atom. The lowest BCUT2D eigenvalue weighted by Gasteiger charge is -2.21. The average molecular weight is 226 g/mol. The molecular formula is C10H8F2N2O2. The summed E-state index contributed by atoms with van der Waals surface area (Å²) in [5, 5.41) is 4.14. The van der Waals surface area contributed by atoms with Gasteiger partial charge in [0.2, 0.25) is 0 Å². The Hall–Kier alpha value is -1.98. The predicted octanol–water partition coefficient (Wildman–Crippen LogP) is 1.02. The van der Waals surface area contributed by atoms with Gasteiger partial charge in [-0.1, -0.05) is 6.07 Å². The van der Waals surface area contributed by atoms with Crippen LogP contribution < -0.4 is 10.6 Å². The number of carbonyl (C=O) groups is 2. The number of hydrogen-bond donors (Lipinski definition) is 2. The molecule has 6 heteroatoms. The van der Waals surface area contributed by atoms with E-state index in [1.54, 1.807) is 0 Å². The van der Waals surface area contributed by atoms with Crippen LogP contribution in [0, 0.1) is 11.6 Å². The first-order valence-corrected chi connectivity index (χ1v) is 4.53. The van der Waals surface area contributed by atoms with Crippen LogP contribution in [0.3, 0.4) is 0 Å². The Morgan fingerprint density at radius 1 is 1.19 bits per heavy atom. The second kappa shape index (κ2) is 3.26. The fraction of sp³-hybridized carbons (Fsp3) is 0.200. The molecule has 0 aromatic heterocycles. The Labute approximate surface area is 89.6 Å². The lowest BCUT2D eigenvalue weighted by molar-refractivity contribution is -0.123. The van der Waals surface area contributed by atoms with Crippen LogP contribution in [-0.4, -0.2) is 11.9 Å². The summed E-state index contributed by atoms with van der Waals surface area (Å²) in [5.41, 5.74) is -2.16. The third-order valence-electron chi connectivity index (χ3n) is 2.51. The third-order valence-corrected chi connectivity index (χ3v) is 2.51. The normalized spacial score (nSPS) is 24.2. The summed E-state index contributed by atoms with van der Waals surface area (Å²) in [6.07, 6.45) is 0. The minimum atomic E-state index is -1.70. The number of rotatable bonds is 1. The molecular weight excluding hydrogens is 218 g/mol. The van der Waals surface area contributed by atoms with E-state index in [9.17, 15) is 18.4 Å². The van der Waals surface area contributed by atoms with Crippen LogP contribution >= 0.6 is 0 Å². The van der Waals surface area contributed by atoms with Crippen molar-refractivity contribution >= 4 is 11.9 Å². The number of hydrogen-bond acceptors (Lipinski definition) is 2. The molecule has 1 aliphatic rings. The van der Waals surface area contributed by atoms with Gasteiger partial charge in [-0.3, -0.25) is 10.1 Å². The largest absolute Gasteiger partial charge is 0.322 e. The molecule has 1 unspecified atom stereocenters. The van der Waals surface area contributed by atoms with E-state index in [4.69, 9.17) is 0 Å². The third kappa shape index (κ3) is 1.34. The molecule has 0 aliphatic carbocycles. The van der Waals surface area contributed by atoms with Gasteiger partial charge in [0.1, 0.15) is 17.2 Å². The van der Waals surface area contributed by atoms with Crippen molar-refractivity contribution in [1.29, 1.82) is 0 Å². The van der Waals surface area contributed by atoms with Gasteiger partial charge in [0, 0.05) is 0 Å². The van der Waals surface area contributed by atoms with E-state index < -0.39 is 34.7 Å². The van der Waals surface area contributed by atoms with E-state index in [0.717, 1.165) is 12.1 Å². The number of amides is 3. The summed E-state index contributed by atoms with van der Waals surface area (Å²) in [6, 6.07) is 2.48. The summed E-state index contributed by atoms with van der Waals surface area (Å²) in [6.45, 7) is 1.24. The van der Waals surface area contributed by atoms with E-state index in [1.165, 1.54) is 13.0 Å². The first-order chi connectivity index (χ1) is 7.45. The van der Waals surface area contributed by atoms with Crippen molar-refractivity contribution < 1.29 is 18.4 Å². The van der Waals surface area contributed by atoms with Gasteiger partial charge in [0.25, 0.3) is 5.91 Å². The lowest BCUT2D eigenvalue weighted by atomic mass is 9.91. The second-order valence-corrected chi connectivity index (χ2v) is 3.63. The fourth-order valence-electron chi connectivity index (χ4n) is 1.69. The number of imide groups is 1. The molecule has 0 bridgehead atoms. The molecule has 1 aromatic carbocycles. The zero-order valence-corrected chi connectivity index (χ0v) is 8.30. The van der Waals surface area contributed by atoms with Gasteiger partial charge in [-0.15, -0.1) is 0 Å². The highest BCUT2D eigenvalue weighted by molar-refractivity contribution is 6.07. The summed E-state index contributed by atoms with van der Waals surface area (Å²) >= 11 is 0. The van der Waals surface area contributed by atoms with Crippen molar-refractivity contribution in [1.82, 2.24) is 10.6 Å². The number of nitrogens with one attached hydrogen (secondary N) is 2. The van der Waals surface area contributed by atoms with Crippen LogP contribution in [-0.2, 0) is 10.3 Å². The molecule has 1 aromatic rings. The number of halogens is 2. The van der Waals surface area contributed by atoms with Crippen LogP contribution in [0.2, 0.25) is 0 Å². The molecule has 1 aliphatic heterocycles. The predicted molar refractivity (Wildman–Crippen MR) is 50.4 cm³/mol. The van der Waals surface area contributed by atoms with Gasteiger partial charge in [0.05, 0.1) is 5.56 Å². The Bertz CT molecular complexity index is 469. The topological polar surface area (TPSA) is 58.2 Å². The van der Waals surface area contributed by atoms with Gasteiger partial charge in [0.15, 0.2) is 0 Å². The van der Waals surface area contributed by atoms with Gasteiger partial charge < -0.3 is 5.32 Å². The van der Waals surface area contributed by atoms with Crippen LogP contribution in [0.25, 0.3) is 0 Å². The van der Waals surface area contributed by atoms with Gasteiger partial charge >= 0.3 is 6.03 Å². The molecule has 0 saturated carbocycles. The smallest absolute Gasteiger partial charge is 0.319 e. The minimum absolute atomic E-state index is 0.460. The van der Waals surface area contributed by atoms with E-state index in [-0.39, 0.29) is 0 Å². The van der Waals surface area contributed by atoms with E-state index in [2.05, 4.69) is 5.32 Å². The zero-order valence-electron chi connectivity index (χ0n) is 8.30. The first-order valence-electron chi connectivity index (χ1n) is 4.53. The minimum Gasteiger partial charge on any atom is -0.319 e. The quantitative estimate of drug-likeness (QED) is 0.702. The highest BCUT2D eigenvalue weighted by atomic mass is 19.1. The molecule has 2 rings (SSSR count). The molecule has 84 valence electrons. The van der Waals surface area contributed by atoms with Gasteiger partial charge in [-0.25, -0.2) is 13.6 Å². The number of carbonyl (C=O) groups excluding carboxylic acids is 2. The molecule has 1 saturated heterocycles. The summed E-state index contributed by atoms with van der Waals surface area (Å²) < 4.78 is 27.0. The first kappa shape index (κ1) is 10.5. The SMILES string of the molecule is CC1(c2c(F)cccc2F)NC(=O)NC1=O. The van der Waals surface area contributed by atoms with Crippen molar-refractivity contribution in [2.45, 2.75) is 12.5 Å². The molecule has 1 heterocycles. The molecule has 0 radical (unpaired) electrons. The van der Waals surface area contributed by atoms with Gasteiger partial charge in [-0.2, -0.15) is 0 Å². The average Bonchev–Trinajstić information content (AvgIpc) is 2.40. The lowest BCUT2D eigenvalue weighted by Crippen LogP contribution is -2.42.